The molecule has 0 bridgehead atoms. The van der Waals surface area contributed by atoms with Crippen LogP contribution in [0, 0.1) is 17.8 Å². The summed E-state index contributed by atoms with van der Waals surface area (Å²) in [5.41, 5.74) is 0. The molecule has 2 heteroatoms. The van der Waals surface area contributed by atoms with Crippen molar-refractivity contribution in [2.24, 2.45) is 17.8 Å². The molecule has 2 saturated carbocycles. The van der Waals surface area contributed by atoms with Gasteiger partial charge in [-0.3, -0.25) is 0 Å². The van der Waals surface area contributed by atoms with Crippen LogP contribution in [0.15, 0.2) is 11.6 Å². The normalized spacial score (nSPS) is 39.7. The van der Waals surface area contributed by atoms with Crippen LogP contribution in [0.3, 0.4) is 0 Å². The van der Waals surface area contributed by atoms with Gasteiger partial charge < -0.3 is 0 Å². The van der Waals surface area contributed by atoms with Gasteiger partial charge in [-0.1, -0.05) is 0 Å². The molecule has 0 saturated heterocycles. The van der Waals surface area contributed by atoms with Gasteiger partial charge in [-0.05, 0) is 0 Å². The molecular formula is C15H26CoO. The molecule has 0 atom stereocenters. The zero-order valence-electron chi connectivity index (χ0n) is 11.0. The Labute approximate surface area is 110 Å². The summed E-state index contributed by atoms with van der Waals surface area (Å²) in [5, 5.41) is 1.67. The molecular weight excluding hydrogens is 255 g/mol. The Kier molecular flexibility index (Phi) is 4.98. The first kappa shape index (κ1) is 13.5. The van der Waals surface area contributed by atoms with Crippen molar-refractivity contribution in [3.63, 3.8) is 0 Å². The van der Waals surface area contributed by atoms with Gasteiger partial charge in [0.1, 0.15) is 0 Å². The van der Waals surface area contributed by atoms with E-state index in [1.54, 1.807) is 5.01 Å². The van der Waals surface area contributed by atoms with E-state index in [0.29, 0.717) is 4.85 Å². The monoisotopic (exact) mass is 281 g/mol. The van der Waals surface area contributed by atoms with E-state index in [-0.39, 0.29) is 0 Å². The molecule has 2 aliphatic rings. The van der Waals surface area contributed by atoms with Crippen LogP contribution in [0.5, 0.6) is 0 Å². The standard InChI is InChI=1S/C13H23.C2H3.Co.O/c1-11-7-9-13(10-8-11)12-5-3-2-4-6-12;1-2;;/h2,11-13H,3-10H2,1H3;1H,2H2;;. The Morgan fingerprint density at radius 2 is 1.41 bits per heavy atom. The van der Waals surface area contributed by atoms with Crippen molar-refractivity contribution in [1.29, 1.82) is 0 Å². The van der Waals surface area contributed by atoms with Crippen molar-refractivity contribution in [1.82, 2.24) is 0 Å². The van der Waals surface area contributed by atoms with E-state index in [4.69, 9.17) is 0 Å². The molecule has 2 aliphatic carbocycles. The van der Waals surface area contributed by atoms with Gasteiger partial charge in [-0.2, -0.15) is 0 Å². The summed E-state index contributed by atoms with van der Waals surface area (Å²) in [6.07, 6.45) is 10.8. The second kappa shape index (κ2) is 6.28. The van der Waals surface area contributed by atoms with Gasteiger partial charge in [-0.15, -0.1) is 0 Å². The average Bonchev–Trinajstić information content (AvgIpc) is 2.39. The van der Waals surface area contributed by atoms with E-state index >= 15 is 0 Å². The third kappa shape index (κ3) is 3.51. The van der Waals surface area contributed by atoms with E-state index in [9.17, 15) is 3.87 Å². The molecule has 2 fully saturated rings. The molecule has 0 spiro atoms. The molecule has 0 heterocycles. The van der Waals surface area contributed by atoms with Gasteiger partial charge >= 0.3 is 110 Å². The van der Waals surface area contributed by atoms with Gasteiger partial charge in [0.2, 0.25) is 0 Å². The minimum absolute atomic E-state index is 0.443. The van der Waals surface area contributed by atoms with Crippen LogP contribution in [0.2, 0.25) is 4.85 Å². The molecule has 2 rings (SSSR count). The third-order valence-corrected chi connectivity index (χ3v) is 6.66. The molecule has 0 aromatic carbocycles. The number of hydrogen-bond acceptors (Lipinski definition) is 1. The van der Waals surface area contributed by atoms with Crippen molar-refractivity contribution in [2.45, 2.75) is 63.1 Å². The van der Waals surface area contributed by atoms with Crippen LogP contribution in [0.1, 0.15) is 58.3 Å². The van der Waals surface area contributed by atoms with Gasteiger partial charge in [0, 0.05) is 0 Å². The fourth-order valence-electron chi connectivity index (χ4n) is 3.59. The Morgan fingerprint density at radius 1 is 0.941 bits per heavy atom. The van der Waals surface area contributed by atoms with Crippen molar-refractivity contribution in [2.75, 3.05) is 0 Å². The van der Waals surface area contributed by atoms with Crippen LogP contribution >= 0.6 is 0 Å². The van der Waals surface area contributed by atoms with Crippen molar-refractivity contribution in [3.05, 3.63) is 11.6 Å². The third-order valence-electron chi connectivity index (χ3n) is 4.81. The fourth-order valence-corrected chi connectivity index (χ4v) is 4.88. The summed E-state index contributed by atoms with van der Waals surface area (Å²) in [4.78, 5) is 0.443. The van der Waals surface area contributed by atoms with Gasteiger partial charge in [0.15, 0.2) is 0 Å². The maximum absolute atomic E-state index is 11.7. The molecule has 101 valence electrons. The second-order valence-electron chi connectivity index (χ2n) is 5.90. The molecule has 0 N–H and O–H groups in total. The van der Waals surface area contributed by atoms with Gasteiger partial charge in [-0.25, -0.2) is 0 Å². The molecule has 0 aromatic heterocycles. The molecule has 0 radical (unpaired) electrons. The molecule has 0 unspecified atom stereocenters. The fraction of sp³-hybridized carbons (Fsp3) is 0.867. The van der Waals surface area contributed by atoms with E-state index in [2.05, 4.69) is 13.5 Å². The summed E-state index contributed by atoms with van der Waals surface area (Å²) < 4.78 is 11.7. The molecule has 0 amide bonds. The van der Waals surface area contributed by atoms with E-state index in [1.807, 2.05) is 0 Å². The summed E-state index contributed by atoms with van der Waals surface area (Å²) in [6.45, 7) is 6.06. The van der Waals surface area contributed by atoms with E-state index in [0.717, 1.165) is 17.8 Å². The summed E-state index contributed by atoms with van der Waals surface area (Å²) in [7, 11) is 0. The van der Waals surface area contributed by atoms with Crippen LogP contribution in [0.4, 0.5) is 0 Å². The van der Waals surface area contributed by atoms with Crippen LogP contribution in [0.25, 0.3) is 0 Å². The second-order valence-corrected chi connectivity index (χ2v) is 8.01. The maximum atomic E-state index is 11.7. The predicted molar refractivity (Wildman–Crippen MR) is 67.7 cm³/mol. The zero-order valence-corrected chi connectivity index (χ0v) is 12.0. The first-order chi connectivity index (χ1) is 8.20. The zero-order chi connectivity index (χ0) is 12.3. The van der Waals surface area contributed by atoms with Crippen molar-refractivity contribution < 1.29 is 17.5 Å². The number of rotatable bonds is 3. The Bertz CT molecular complexity index is 271. The SMILES string of the molecule is C=[CH][Co](=[O])[CH]1CCC(C2CCC(C)CC2)CC1. The molecule has 0 aliphatic heterocycles. The quantitative estimate of drug-likeness (QED) is 0.719. The van der Waals surface area contributed by atoms with Crippen molar-refractivity contribution in [3.8, 4) is 0 Å². The average molecular weight is 281 g/mol. The van der Waals surface area contributed by atoms with E-state index < -0.39 is 13.6 Å². The summed E-state index contributed by atoms with van der Waals surface area (Å²) >= 11 is -1.10. The van der Waals surface area contributed by atoms with Crippen molar-refractivity contribution >= 4 is 0 Å². The van der Waals surface area contributed by atoms with Gasteiger partial charge in [0.25, 0.3) is 0 Å². The van der Waals surface area contributed by atoms with Crippen LogP contribution in [-0.2, 0) is 17.5 Å². The Morgan fingerprint density at radius 3 is 1.88 bits per heavy atom. The molecule has 17 heavy (non-hydrogen) atoms. The minimum atomic E-state index is -1.10. The van der Waals surface area contributed by atoms with Crippen LogP contribution < -0.4 is 0 Å². The number of hydrogen-bond donors (Lipinski definition) is 0. The molecule has 1 nitrogen and oxygen atoms in total. The topological polar surface area (TPSA) is 17.1 Å². The summed E-state index contributed by atoms with van der Waals surface area (Å²) in [6, 6.07) is 0. The first-order valence-electron chi connectivity index (χ1n) is 7.11. The van der Waals surface area contributed by atoms with Crippen LogP contribution in [-0.4, -0.2) is 0 Å². The van der Waals surface area contributed by atoms with Gasteiger partial charge in [0.05, 0.1) is 0 Å². The summed E-state index contributed by atoms with van der Waals surface area (Å²) in [5.74, 6) is 2.87. The Balaban J connectivity index is 1.79. The first-order valence-corrected chi connectivity index (χ1v) is 8.73. The molecule has 0 aromatic rings. The Hall–Kier alpha value is 0.0465. The predicted octanol–water partition coefficient (Wildman–Crippen LogP) is 4.90. The van der Waals surface area contributed by atoms with E-state index in [1.165, 1.54) is 51.4 Å².